The van der Waals surface area contributed by atoms with Crippen molar-refractivity contribution in [3.8, 4) is 5.75 Å². The van der Waals surface area contributed by atoms with Gasteiger partial charge in [0.25, 0.3) is 0 Å². The molecule has 1 aliphatic rings. The first-order chi connectivity index (χ1) is 9.60. The normalized spacial score (nSPS) is 19.0. The zero-order valence-electron chi connectivity index (χ0n) is 12.8. The summed E-state index contributed by atoms with van der Waals surface area (Å²) < 4.78 is 6.74. The average molecular weight is 340 g/mol. The Bertz CT molecular complexity index is 441. The summed E-state index contributed by atoms with van der Waals surface area (Å²) in [7, 11) is 0. The van der Waals surface area contributed by atoms with E-state index in [0.717, 1.165) is 16.8 Å². The summed E-state index contributed by atoms with van der Waals surface area (Å²) in [6, 6.07) is 6.82. The molecule has 0 bridgehead atoms. The summed E-state index contributed by atoms with van der Waals surface area (Å²) in [6.45, 7) is 8.34. The largest absolute Gasteiger partial charge is 0.494 e. The Morgan fingerprint density at radius 3 is 2.55 bits per heavy atom. The zero-order chi connectivity index (χ0) is 14.6. The molecule has 0 saturated heterocycles. The molecule has 1 atom stereocenters. The van der Waals surface area contributed by atoms with Crippen molar-refractivity contribution in [1.82, 2.24) is 5.32 Å². The minimum Gasteiger partial charge on any atom is -0.494 e. The lowest BCUT2D eigenvalue weighted by Crippen LogP contribution is -2.34. The van der Waals surface area contributed by atoms with E-state index >= 15 is 0 Å². The molecule has 1 aliphatic carbocycles. The number of hydrogen-bond donors (Lipinski definition) is 1. The minimum atomic E-state index is 0.367. The number of halogens is 1. The molecule has 1 unspecified atom stereocenters. The molecule has 1 N–H and O–H groups in total. The third-order valence-electron chi connectivity index (χ3n) is 4.44. The van der Waals surface area contributed by atoms with E-state index in [0.29, 0.717) is 18.1 Å². The van der Waals surface area contributed by atoms with Gasteiger partial charge in [0.2, 0.25) is 0 Å². The first-order valence-corrected chi connectivity index (χ1v) is 8.55. The van der Waals surface area contributed by atoms with Crippen LogP contribution in [0.2, 0.25) is 0 Å². The summed E-state index contributed by atoms with van der Waals surface area (Å²) in [5, 5.41) is 3.70. The second-order valence-electron chi connectivity index (χ2n) is 5.97. The van der Waals surface area contributed by atoms with Crippen LogP contribution in [0.4, 0.5) is 0 Å². The van der Waals surface area contributed by atoms with Crippen LogP contribution >= 0.6 is 15.9 Å². The highest BCUT2D eigenvalue weighted by Crippen LogP contribution is 2.48. The van der Waals surface area contributed by atoms with Gasteiger partial charge >= 0.3 is 0 Å². The molecular weight excluding hydrogens is 314 g/mol. The highest BCUT2D eigenvalue weighted by Gasteiger charge is 2.38. The predicted octanol–water partition coefficient (Wildman–Crippen LogP) is 5.08. The molecule has 0 aromatic heterocycles. The van der Waals surface area contributed by atoms with E-state index in [2.05, 4.69) is 53.3 Å². The quantitative estimate of drug-likeness (QED) is 0.780. The molecule has 3 heteroatoms. The first kappa shape index (κ1) is 15.8. The molecule has 2 rings (SSSR count). The van der Waals surface area contributed by atoms with Crippen molar-refractivity contribution in [1.29, 1.82) is 0 Å². The van der Waals surface area contributed by atoms with Gasteiger partial charge in [0.15, 0.2) is 0 Å². The van der Waals surface area contributed by atoms with Gasteiger partial charge < -0.3 is 10.1 Å². The Morgan fingerprint density at radius 1 is 1.30 bits per heavy atom. The Balaban J connectivity index is 2.29. The van der Waals surface area contributed by atoms with Crippen molar-refractivity contribution < 1.29 is 4.74 Å². The van der Waals surface area contributed by atoms with E-state index in [4.69, 9.17) is 4.74 Å². The molecule has 0 radical (unpaired) electrons. The van der Waals surface area contributed by atoms with Crippen LogP contribution < -0.4 is 10.1 Å². The van der Waals surface area contributed by atoms with Gasteiger partial charge in [-0.3, -0.25) is 0 Å². The molecule has 1 saturated carbocycles. The van der Waals surface area contributed by atoms with E-state index in [1.54, 1.807) is 0 Å². The van der Waals surface area contributed by atoms with Gasteiger partial charge in [0.1, 0.15) is 5.75 Å². The third-order valence-corrected chi connectivity index (χ3v) is 5.13. The number of rotatable bonds is 6. The number of nitrogens with one attached hydrogen (secondary N) is 1. The summed E-state index contributed by atoms with van der Waals surface area (Å²) in [5.41, 5.74) is 1.73. The summed E-state index contributed by atoms with van der Waals surface area (Å²) >= 11 is 3.74. The predicted molar refractivity (Wildman–Crippen MR) is 88.3 cm³/mol. The van der Waals surface area contributed by atoms with Crippen LogP contribution in [0.3, 0.4) is 0 Å². The molecule has 0 aliphatic heterocycles. The topological polar surface area (TPSA) is 21.3 Å². The molecule has 112 valence electrons. The maximum atomic E-state index is 5.58. The fourth-order valence-corrected chi connectivity index (χ4v) is 3.99. The monoisotopic (exact) mass is 339 g/mol. The Hall–Kier alpha value is -0.540. The average Bonchev–Trinajstić information content (AvgIpc) is 2.85. The number of hydrogen-bond acceptors (Lipinski definition) is 2. The van der Waals surface area contributed by atoms with Crippen molar-refractivity contribution in [2.75, 3.05) is 13.2 Å². The summed E-state index contributed by atoms with van der Waals surface area (Å²) in [5.74, 6) is 0.940. The number of ether oxygens (including phenoxy) is 1. The van der Waals surface area contributed by atoms with Crippen LogP contribution in [-0.4, -0.2) is 13.2 Å². The lowest BCUT2D eigenvalue weighted by atomic mass is 9.77. The second-order valence-corrected chi connectivity index (χ2v) is 6.82. The SMILES string of the molecule is CCNC(c1ccc(OCC)cc1Br)C1(C)CCCC1. The fourth-order valence-electron chi connectivity index (χ4n) is 3.41. The zero-order valence-corrected chi connectivity index (χ0v) is 14.4. The van der Waals surface area contributed by atoms with E-state index in [1.165, 1.54) is 31.2 Å². The maximum absolute atomic E-state index is 5.58. The van der Waals surface area contributed by atoms with Crippen molar-refractivity contribution in [2.24, 2.45) is 5.41 Å². The van der Waals surface area contributed by atoms with Crippen molar-refractivity contribution >= 4 is 15.9 Å². The Morgan fingerprint density at radius 2 is 2.00 bits per heavy atom. The lowest BCUT2D eigenvalue weighted by Gasteiger charge is -2.36. The van der Waals surface area contributed by atoms with Gasteiger partial charge in [-0.1, -0.05) is 48.7 Å². The molecule has 20 heavy (non-hydrogen) atoms. The van der Waals surface area contributed by atoms with Gasteiger partial charge in [-0.2, -0.15) is 0 Å². The third kappa shape index (κ3) is 3.37. The lowest BCUT2D eigenvalue weighted by molar-refractivity contribution is 0.225. The van der Waals surface area contributed by atoms with Crippen LogP contribution in [-0.2, 0) is 0 Å². The molecule has 1 aromatic carbocycles. The summed E-state index contributed by atoms with van der Waals surface area (Å²) in [4.78, 5) is 0. The van der Waals surface area contributed by atoms with Crippen LogP contribution in [0, 0.1) is 5.41 Å². The van der Waals surface area contributed by atoms with E-state index < -0.39 is 0 Å². The summed E-state index contributed by atoms with van der Waals surface area (Å²) in [6.07, 6.45) is 5.33. The highest BCUT2D eigenvalue weighted by molar-refractivity contribution is 9.10. The van der Waals surface area contributed by atoms with Crippen LogP contribution in [0.5, 0.6) is 5.75 Å². The highest BCUT2D eigenvalue weighted by atomic mass is 79.9. The molecule has 2 nitrogen and oxygen atoms in total. The molecule has 1 fully saturated rings. The molecule has 1 aromatic rings. The minimum absolute atomic E-state index is 0.367. The van der Waals surface area contributed by atoms with Gasteiger partial charge in [0.05, 0.1) is 6.61 Å². The molecule has 0 amide bonds. The van der Waals surface area contributed by atoms with E-state index in [-0.39, 0.29) is 0 Å². The standard InChI is InChI=1S/C17H26BrNO/c1-4-19-16(17(3)10-6-7-11-17)14-9-8-13(20-5-2)12-15(14)18/h8-9,12,16,19H,4-7,10-11H2,1-3H3. The van der Waals surface area contributed by atoms with Gasteiger partial charge in [-0.25, -0.2) is 0 Å². The fraction of sp³-hybridized carbons (Fsp3) is 0.647. The van der Waals surface area contributed by atoms with Gasteiger partial charge in [-0.05, 0) is 49.4 Å². The second kappa shape index (κ2) is 6.95. The van der Waals surface area contributed by atoms with Crippen LogP contribution in [0.15, 0.2) is 22.7 Å². The Labute approximate surface area is 131 Å². The van der Waals surface area contributed by atoms with E-state index in [9.17, 15) is 0 Å². The van der Waals surface area contributed by atoms with Crippen molar-refractivity contribution in [2.45, 2.75) is 52.5 Å². The van der Waals surface area contributed by atoms with Gasteiger partial charge in [-0.15, -0.1) is 0 Å². The molecular formula is C17H26BrNO. The first-order valence-electron chi connectivity index (χ1n) is 7.76. The molecule has 0 spiro atoms. The number of benzene rings is 1. The molecule has 0 heterocycles. The smallest absolute Gasteiger partial charge is 0.120 e. The van der Waals surface area contributed by atoms with Crippen molar-refractivity contribution in [3.63, 3.8) is 0 Å². The maximum Gasteiger partial charge on any atom is 0.120 e. The van der Waals surface area contributed by atoms with E-state index in [1.807, 2.05) is 6.92 Å². The van der Waals surface area contributed by atoms with Crippen LogP contribution in [0.25, 0.3) is 0 Å². The van der Waals surface area contributed by atoms with Crippen molar-refractivity contribution in [3.05, 3.63) is 28.2 Å². The Kier molecular flexibility index (Phi) is 5.50. The van der Waals surface area contributed by atoms with Crippen LogP contribution in [0.1, 0.15) is 58.1 Å². The van der Waals surface area contributed by atoms with Gasteiger partial charge in [0, 0.05) is 10.5 Å².